The van der Waals surface area contributed by atoms with Gasteiger partial charge in [0.15, 0.2) is 0 Å². The first-order chi connectivity index (χ1) is 6.86. The van der Waals surface area contributed by atoms with Gasteiger partial charge < -0.3 is 4.90 Å². The van der Waals surface area contributed by atoms with E-state index in [-0.39, 0.29) is 0 Å². The standard InChI is InChI=1S/C13H19N/c1-3-14(4-2)12-8-11-13-9-6-5-7-10-13/h5-11H,3-4,12H2,1-2H3/b11-8-. The van der Waals surface area contributed by atoms with Crippen LogP contribution in [0.15, 0.2) is 36.4 Å². The summed E-state index contributed by atoms with van der Waals surface area (Å²) in [6.45, 7) is 7.67. The molecule has 1 rings (SSSR count). The van der Waals surface area contributed by atoms with Gasteiger partial charge in [-0.15, -0.1) is 0 Å². The second-order valence-corrected chi connectivity index (χ2v) is 3.30. The van der Waals surface area contributed by atoms with Gasteiger partial charge in [0, 0.05) is 6.54 Å². The number of benzene rings is 1. The first-order valence-corrected chi connectivity index (χ1v) is 5.30. The monoisotopic (exact) mass is 189 g/mol. The predicted octanol–water partition coefficient (Wildman–Crippen LogP) is 3.04. The second-order valence-electron chi connectivity index (χ2n) is 3.30. The zero-order chi connectivity index (χ0) is 10.2. The van der Waals surface area contributed by atoms with Crippen molar-refractivity contribution in [1.29, 1.82) is 0 Å². The van der Waals surface area contributed by atoms with Crippen molar-refractivity contribution in [3.05, 3.63) is 42.0 Å². The molecule has 1 heteroatoms. The Morgan fingerprint density at radius 3 is 2.29 bits per heavy atom. The average molecular weight is 189 g/mol. The molecule has 0 spiro atoms. The van der Waals surface area contributed by atoms with Crippen LogP contribution in [0, 0.1) is 0 Å². The highest BCUT2D eigenvalue weighted by Crippen LogP contribution is 2.01. The summed E-state index contributed by atoms with van der Waals surface area (Å²) in [6.07, 6.45) is 4.40. The average Bonchev–Trinajstić information content (AvgIpc) is 2.26. The van der Waals surface area contributed by atoms with Crippen molar-refractivity contribution < 1.29 is 0 Å². The van der Waals surface area contributed by atoms with Crippen molar-refractivity contribution in [3.63, 3.8) is 0 Å². The first-order valence-electron chi connectivity index (χ1n) is 5.30. The molecule has 0 N–H and O–H groups in total. The third-order valence-corrected chi connectivity index (χ3v) is 2.37. The minimum atomic E-state index is 1.04. The second kappa shape index (κ2) is 6.39. The summed E-state index contributed by atoms with van der Waals surface area (Å²) >= 11 is 0. The van der Waals surface area contributed by atoms with Gasteiger partial charge in [0.25, 0.3) is 0 Å². The van der Waals surface area contributed by atoms with E-state index in [1.54, 1.807) is 0 Å². The number of hydrogen-bond acceptors (Lipinski definition) is 1. The molecule has 0 saturated heterocycles. The SMILES string of the molecule is CCN(CC)C/C=C\c1ccccc1. The van der Waals surface area contributed by atoms with E-state index >= 15 is 0 Å². The van der Waals surface area contributed by atoms with E-state index in [0.717, 1.165) is 19.6 Å². The molecule has 0 aliphatic rings. The Labute approximate surface area is 87.1 Å². The van der Waals surface area contributed by atoms with E-state index in [9.17, 15) is 0 Å². The fourth-order valence-corrected chi connectivity index (χ4v) is 1.38. The zero-order valence-electron chi connectivity index (χ0n) is 9.11. The van der Waals surface area contributed by atoms with Gasteiger partial charge in [0.05, 0.1) is 0 Å². The van der Waals surface area contributed by atoms with Gasteiger partial charge in [-0.1, -0.05) is 56.3 Å². The molecule has 0 saturated carbocycles. The number of nitrogens with zero attached hydrogens (tertiary/aromatic N) is 1. The normalized spacial score (nSPS) is 11.4. The highest BCUT2D eigenvalue weighted by atomic mass is 15.1. The van der Waals surface area contributed by atoms with Crippen molar-refractivity contribution >= 4 is 6.08 Å². The van der Waals surface area contributed by atoms with Crippen molar-refractivity contribution in [3.8, 4) is 0 Å². The van der Waals surface area contributed by atoms with Crippen molar-refractivity contribution in [2.45, 2.75) is 13.8 Å². The number of hydrogen-bond donors (Lipinski definition) is 0. The number of likely N-dealkylation sites (N-methyl/N-ethyl adjacent to an activating group) is 1. The minimum Gasteiger partial charge on any atom is -0.300 e. The fourth-order valence-electron chi connectivity index (χ4n) is 1.38. The molecule has 0 fully saturated rings. The molecule has 0 heterocycles. The van der Waals surface area contributed by atoms with Gasteiger partial charge in [0.2, 0.25) is 0 Å². The van der Waals surface area contributed by atoms with Gasteiger partial charge in [-0.25, -0.2) is 0 Å². The lowest BCUT2D eigenvalue weighted by Gasteiger charge is -2.14. The Morgan fingerprint density at radius 2 is 1.71 bits per heavy atom. The zero-order valence-corrected chi connectivity index (χ0v) is 9.11. The Morgan fingerprint density at radius 1 is 1.07 bits per heavy atom. The predicted molar refractivity (Wildman–Crippen MR) is 63.3 cm³/mol. The van der Waals surface area contributed by atoms with E-state index in [1.807, 2.05) is 6.07 Å². The topological polar surface area (TPSA) is 3.24 Å². The van der Waals surface area contributed by atoms with Crippen molar-refractivity contribution in [2.75, 3.05) is 19.6 Å². The fraction of sp³-hybridized carbons (Fsp3) is 0.385. The van der Waals surface area contributed by atoms with Gasteiger partial charge in [0.1, 0.15) is 0 Å². The number of rotatable bonds is 5. The van der Waals surface area contributed by atoms with E-state index in [4.69, 9.17) is 0 Å². The third-order valence-electron chi connectivity index (χ3n) is 2.37. The Hall–Kier alpha value is -1.08. The van der Waals surface area contributed by atoms with Crippen LogP contribution in [0.1, 0.15) is 19.4 Å². The van der Waals surface area contributed by atoms with Crippen LogP contribution in [0.4, 0.5) is 0 Å². The van der Waals surface area contributed by atoms with Crippen LogP contribution in [-0.2, 0) is 0 Å². The summed E-state index contributed by atoms with van der Waals surface area (Å²) in [7, 11) is 0. The highest BCUT2D eigenvalue weighted by Gasteiger charge is 1.93. The summed E-state index contributed by atoms with van der Waals surface area (Å²) in [5.74, 6) is 0. The molecule has 0 aliphatic carbocycles. The summed E-state index contributed by atoms with van der Waals surface area (Å²) in [4.78, 5) is 2.39. The van der Waals surface area contributed by atoms with Crippen LogP contribution in [0.5, 0.6) is 0 Å². The Kier molecular flexibility index (Phi) is 5.02. The van der Waals surface area contributed by atoms with E-state index in [1.165, 1.54) is 5.56 Å². The van der Waals surface area contributed by atoms with E-state index < -0.39 is 0 Å². The van der Waals surface area contributed by atoms with Gasteiger partial charge in [-0.3, -0.25) is 0 Å². The Bertz CT molecular complexity index is 260. The maximum absolute atomic E-state index is 2.39. The molecule has 0 aliphatic heterocycles. The van der Waals surface area contributed by atoms with Crippen LogP contribution in [0.3, 0.4) is 0 Å². The lowest BCUT2D eigenvalue weighted by molar-refractivity contribution is 0.338. The molecule has 0 aromatic heterocycles. The summed E-state index contributed by atoms with van der Waals surface area (Å²) < 4.78 is 0. The maximum Gasteiger partial charge on any atom is 0.0166 e. The largest absolute Gasteiger partial charge is 0.300 e. The molecular weight excluding hydrogens is 170 g/mol. The highest BCUT2D eigenvalue weighted by molar-refractivity contribution is 5.48. The lowest BCUT2D eigenvalue weighted by Crippen LogP contribution is -2.22. The third kappa shape index (κ3) is 3.75. The molecule has 14 heavy (non-hydrogen) atoms. The van der Waals surface area contributed by atoms with Crippen molar-refractivity contribution in [2.24, 2.45) is 0 Å². The van der Waals surface area contributed by atoms with E-state index in [2.05, 4.69) is 55.2 Å². The summed E-state index contributed by atoms with van der Waals surface area (Å²) in [6, 6.07) is 10.4. The summed E-state index contributed by atoms with van der Waals surface area (Å²) in [5, 5.41) is 0. The van der Waals surface area contributed by atoms with Crippen LogP contribution >= 0.6 is 0 Å². The van der Waals surface area contributed by atoms with E-state index in [0.29, 0.717) is 0 Å². The molecule has 1 aromatic carbocycles. The first kappa shape index (κ1) is 11.0. The molecule has 1 aromatic rings. The van der Waals surface area contributed by atoms with Crippen LogP contribution < -0.4 is 0 Å². The van der Waals surface area contributed by atoms with Gasteiger partial charge >= 0.3 is 0 Å². The minimum absolute atomic E-state index is 1.04. The quantitative estimate of drug-likeness (QED) is 0.688. The Balaban J connectivity index is 2.41. The van der Waals surface area contributed by atoms with Gasteiger partial charge in [-0.2, -0.15) is 0 Å². The molecule has 0 atom stereocenters. The van der Waals surface area contributed by atoms with Crippen LogP contribution in [-0.4, -0.2) is 24.5 Å². The molecule has 0 amide bonds. The smallest absolute Gasteiger partial charge is 0.0166 e. The molecule has 0 unspecified atom stereocenters. The van der Waals surface area contributed by atoms with Crippen LogP contribution in [0.25, 0.3) is 6.08 Å². The van der Waals surface area contributed by atoms with Crippen molar-refractivity contribution in [1.82, 2.24) is 4.90 Å². The van der Waals surface area contributed by atoms with Gasteiger partial charge in [-0.05, 0) is 18.7 Å². The summed E-state index contributed by atoms with van der Waals surface area (Å²) in [5.41, 5.74) is 1.28. The molecular formula is C13H19N. The molecule has 0 radical (unpaired) electrons. The lowest BCUT2D eigenvalue weighted by atomic mass is 10.2. The molecule has 1 nitrogen and oxygen atoms in total. The molecule has 76 valence electrons. The molecule has 0 bridgehead atoms. The maximum atomic E-state index is 2.39. The van der Waals surface area contributed by atoms with Crippen LogP contribution in [0.2, 0.25) is 0 Å².